The van der Waals surface area contributed by atoms with Crippen LogP contribution in [-0.4, -0.2) is 49.6 Å². The average Bonchev–Trinajstić information content (AvgIpc) is 3.31. The lowest BCUT2D eigenvalue weighted by Gasteiger charge is -2.23. The summed E-state index contributed by atoms with van der Waals surface area (Å²) in [5.41, 5.74) is 3.63. The number of halogens is 1. The Kier molecular flexibility index (Phi) is 6.90. The molecule has 1 atom stereocenters. The van der Waals surface area contributed by atoms with Crippen molar-refractivity contribution in [1.29, 1.82) is 0 Å². The fourth-order valence-corrected chi connectivity index (χ4v) is 4.33. The molecule has 3 heterocycles. The zero-order valence-corrected chi connectivity index (χ0v) is 20.2. The monoisotopic (exact) mass is 511 g/mol. The Hall–Kier alpha value is -3.04. The number of aliphatic hydroxyl groups excluding tert-OH is 1. The van der Waals surface area contributed by atoms with Crippen molar-refractivity contribution in [2.75, 3.05) is 16.8 Å². The van der Waals surface area contributed by atoms with E-state index in [-0.39, 0.29) is 5.56 Å². The van der Waals surface area contributed by atoms with E-state index in [1.807, 2.05) is 29.2 Å². The average molecular weight is 512 g/mol. The SMILES string of the molecule is Cc1cc(C(=O)N=C2Cc3ccccc3N2C[C@H](O)CCCBr)cc(-c2c[nH]n(C)c2=O)n1. The minimum Gasteiger partial charge on any atom is -0.391 e. The van der Waals surface area contributed by atoms with Crippen LogP contribution in [0.5, 0.6) is 0 Å². The number of carbonyl (C=O) groups is 1. The maximum absolute atomic E-state index is 13.2. The molecule has 1 amide bonds. The molecular formula is C24H26BrN5O3. The molecule has 0 aliphatic carbocycles. The number of para-hydroxylation sites is 1. The number of rotatable bonds is 7. The molecule has 33 heavy (non-hydrogen) atoms. The van der Waals surface area contributed by atoms with Crippen molar-refractivity contribution in [3.63, 3.8) is 0 Å². The van der Waals surface area contributed by atoms with Crippen LogP contribution in [-0.2, 0) is 13.5 Å². The van der Waals surface area contributed by atoms with Gasteiger partial charge < -0.3 is 15.1 Å². The first-order valence-corrected chi connectivity index (χ1v) is 11.9. The Morgan fingerprint density at radius 2 is 2.12 bits per heavy atom. The van der Waals surface area contributed by atoms with Gasteiger partial charge in [0.1, 0.15) is 5.84 Å². The number of aryl methyl sites for hydroxylation is 2. The van der Waals surface area contributed by atoms with Crippen LogP contribution in [0.3, 0.4) is 0 Å². The summed E-state index contributed by atoms with van der Waals surface area (Å²) < 4.78 is 1.36. The number of fused-ring (bicyclic) bond motifs is 1. The van der Waals surface area contributed by atoms with Gasteiger partial charge in [-0.1, -0.05) is 34.1 Å². The van der Waals surface area contributed by atoms with E-state index in [1.54, 1.807) is 32.3 Å². The van der Waals surface area contributed by atoms with Crippen LogP contribution in [0.2, 0.25) is 0 Å². The van der Waals surface area contributed by atoms with Gasteiger partial charge >= 0.3 is 0 Å². The molecule has 0 spiro atoms. The number of hydrogen-bond acceptors (Lipinski definition) is 4. The van der Waals surface area contributed by atoms with Crippen LogP contribution in [0.15, 0.2) is 52.4 Å². The first kappa shape index (κ1) is 23.1. The maximum Gasteiger partial charge on any atom is 0.278 e. The van der Waals surface area contributed by atoms with E-state index in [4.69, 9.17) is 0 Å². The molecule has 1 aliphatic rings. The van der Waals surface area contributed by atoms with Crippen LogP contribution in [0.25, 0.3) is 11.3 Å². The first-order valence-electron chi connectivity index (χ1n) is 10.8. The number of amides is 1. The number of amidine groups is 1. The van der Waals surface area contributed by atoms with Crippen molar-refractivity contribution in [1.82, 2.24) is 14.8 Å². The van der Waals surface area contributed by atoms with Crippen LogP contribution >= 0.6 is 15.9 Å². The lowest BCUT2D eigenvalue weighted by Crippen LogP contribution is -2.35. The molecule has 0 bridgehead atoms. The van der Waals surface area contributed by atoms with Crippen LogP contribution < -0.4 is 10.5 Å². The van der Waals surface area contributed by atoms with Gasteiger partial charge in [-0.05, 0) is 43.5 Å². The zero-order valence-electron chi connectivity index (χ0n) is 18.6. The lowest BCUT2D eigenvalue weighted by atomic mass is 10.1. The van der Waals surface area contributed by atoms with E-state index < -0.39 is 12.0 Å². The topological polar surface area (TPSA) is 104 Å². The number of pyridine rings is 1. The third kappa shape index (κ3) is 4.99. The molecule has 4 rings (SSSR count). The summed E-state index contributed by atoms with van der Waals surface area (Å²) in [5.74, 6) is 0.199. The van der Waals surface area contributed by atoms with Crippen LogP contribution in [0, 0.1) is 6.92 Å². The van der Waals surface area contributed by atoms with Gasteiger partial charge in [-0.2, -0.15) is 4.99 Å². The molecule has 0 unspecified atom stereocenters. The normalized spacial score (nSPS) is 15.2. The van der Waals surface area contributed by atoms with E-state index >= 15 is 0 Å². The van der Waals surface area contributed by atoms with E-state index in [9.17, 15) is 14.7 Å². The number of H-pyrrole nitrogens is 1. The first-order chi connectivity index (χ1) is 15.9. The molecule has 3 aromatic rings. The molecule has 1 aliphatic heterocycles. The van der Waals surface area contributed by atoms with E-state index in [2.05, 4.69) is 31.0 Å². The summed E-state index contributed by atoms with van der Waals surface area (Å²) in [4.78, 5) is 36.3. The van der Waals surface area contributed by atoms with Crippen molar-refractivity contribution >= 4 is 33.4 Å². The molecule has 2 aromatic heterocycles. The number of benzene rings is 1. The van der Waals surface area contributed by atoms with Gasteiger partial charge in [0.2, 0.25) is 0 Å². The highest BCUT2D eigenvalue weighted by Crippen LogP contribution is 2.30. The second kappa shape index (κ2) is 9.84. The highest BCUT2D eigenvalue weighted by Gasteiger charge is 2.28. The Morgan fingerprint density at radius 3 is 2.85 bits per heavy atom. The van der Waals surface area contributed by atoms with Crippen LogP contribution in [0.4, 0.5) is 5.69 Å². The fraction of sp³-hybridized carbons (Fsp3) is 0.333. The Balaban J connectivity index is 1.65. The molecule has 0 radical (unpaired) electrons. The van der Waals surface area contributed by atoms with Gasteiger partial charge in [0.25, 0.3) is 11.5 Å². The Bertz CT molecular complexity index is 1260. The molecule has 2 N–H and O–H groups in total. The molecular weight excluding hydrogens is 486 g/mol. The molecule has 0 saturated heterocycles. The highest BCUT2D eigenvalue weighted by molar-refractivity contribution is 9.09. The van der Waals surface area contributed by atoms with Crippen molar-refractivity contribution < 1.29 is 9.90 Å². The van der Waals surface area contributed by atoms with Gasteiger partial charge in [-0.3, -0.25) is 19.3 Å². The second-order valence-electron chi connectivity index (χ2n) is 8.17. The summed E-state index contributed by atoms with van der Waals surface area (Å²) in [5, 5.41) is 14.2. The number of carbonyl (C=O) groups excluding carboxylic acids is 1. The predicted octanol–water partition coefficient (Wildman–Crippen LogP) is 3.22. The third-order valence-electron chi connectivity index (χ3n) is 5.65. The van der Waals surface area contributed by atoms with Gasteiger partial charge in [0.15, 0.2) is 0 Å². The number of β-amino-alcohol motifs (C(OH)–C–C–N with tert-alkyl or cyclic N) is 1. The van der Waals surface area contributed by atoms with Gasteiger partial charge in [0, 0.05) is 41.9 Å². The molecule has 8 nitrogen and oxygen atoms in total. The van der Waals surface area contributed by atoms with E-state index in [0.717, 1.165) is 23.0 Å². The second-order valence-corrected chi connectivity index (χ2v) is 8.96. The smallest absolute Gasteiger partial charge is 0.278 e. The number of hydrogen-bond donors (Lipinski definition) is 2. The number of anilines is 1. The van der Waals surface area contributed by atoms with Gasteiger partial charge in [0.05, 0.1) is 23.9 Å². The minimum absolute atomic E-state index is 0.215. The highest BCUT2D eigenvalue weighted by atomic mass is 79.9. The number of aliphatic imine (C=N–C) groups is 1. The number of alkyl halides is 1. The summed E-state index contributed by atoms with van der Waals surface area (Å²) >= 11 is 3.40. The Labute approximate surface area is 200 Å². The van der Waals surface area contributed by atoms with Gasteiger partial charge in [-0.25, -0.2) is 0 Å². The summed E-state index contributed by atoms with van der Waals surface area (Å²) in [6, 6.07) is 11.2. The van der Waals surface area contributed by atoms with Gasteiger partial charge in [-0.15, -0.1) is 0 Å². The minimum atomic E-state index is -0.534. The van der Waals surface area contributed by atoms with Crippen molar-refractivity contribution in [2.24, 2.45) is 12.0 Å². The lowest BCUT2D eigenvalue weighted by molar-refractivity contribution is 0.100. The third-order valence-corrected chi connectivity index (χ3v) is 6.21. The van der Waals surface area contributed by atoms with Crippen molar-refractivity contribution in [2.45, 2.75) is 32.3 Å². The number of aromatic amines is 1. The van der Waals surface area contributed by atoms with Crippen molar-refractivity contribution in [3.05, 3.63) is 69.8 Å². The largest absolute Gasteiger partial charge is 0.391 e. The summed E-state index contributed by atoms with van der Waals surface area (Å²) in [7, 11) is 1.62. The Morgan fingerprint density at radius 1 is 1.33 bits per heavy atom. The van der Waals surface area contributed by atoms with Crippen LogP contribution in [0.1, 0.15) is 34.5 Å². The molecule has 1 aromatic carbocycles. The molecule has 9 heteroatoms. The standard InChI is InChI=1S/C24H26BrN5O3/c1-15-10-17(11-20(27-15)19-13-26-29(2)24(19)33)23(32)28-22-12-16-6-3-4-8-21(16)30(22)14-18(31)7-5-9-25/h3-4,6,8,10-11,13,18,26,31H,5,7,9,12,14H2,1-2H3/t18-/m1/s1. The van der Waals surface area contributed by atoms with Crippen molar-refractivity contribution in [3.8, 4) is 11.3 Å². The summed E-state index contributed by atoms with van der Waals surface area (Å²) in [6.45, 7) is 2.15. The van der Waals surface area contributed by atoms with E-state index in [0.29, 0.717) is 47.7 Å². The molecule has 0 saturated carbocycles. The molecule has 172 valence electrons. The fourth-order valence-electron chi connectivity index (χ4n) is 4.00. The number of nitrogens with one attached hydrogen (secondary N) is 1. The predicted molar refractivity (Wildman–Crippen MR) is 132 cm³/mol. The zero-order chi connectivity index (χ0) is 23.5. The number of aliphatic hydroxyl groups is 1. The maximum atomic E-state index is 13.2. The number of nitrogens with zero attached hydrogens (tertiary/aromatic N) is 4. The summed E-state index contributed by atoms with van der Waals surface area (Å²) in [6.07, 6.45) is 3.08. The quantitative estimate of drug-likeness (QED) is 0.474. The van der Waals surface area contributed by atoms with E-state index in [1.165, 1.54) is 4.68 Å². The molecule has 0 fully saturated rings. The number of aromatic nitrogens is 3.